The number of anilines is 1. The predicted octanol–water partition coefficient (Wildman–Crippen LogP) is 4.02. The Bertz CT molecular complexity index is 947. The second-order valence-electron chi connectivity index (χ2n) is 6.15. The fraction of sp³-hybridized carbons (Fsp3) is 0.278. The van der Waals surface area contributed by atoms with Gasteiger partial charge in [-0.05, 0) is 49.2 Å². The highest BCUT2D eigenvalue weighted by Gasteiger charge is 2.28. The third-order valence-electron chi connectivity index (χ3n) is 4.27. The fourth-order valence-corrected chi connectivity index (χ4v) is 5.07. The van der Waals surface area contributed by atoms with Crippen molar-refractivity contribution in [2.24, 2.45) is 0 Å². The van der Waals surface area contributed by atoms with E-state index in [-0.39, 0.29) is 17.7 Å². The highest BCUT2D eigenvalue weighted by molar-refractivity contribution is 7.93. The number of hydrogen-bond acceptors (Lipinski definition) is 3. The standard InChI is InChI=1S/C18H18Cl2N2O3S/c1-12(16-7-6-14(19)11-17(16)20)21-18(23)13-4-2-5-15(10-13)22-8-3-9-26(22,24)25/h2,4-7,10-12H,3,8-9H2,1H3,(H,21,23)/t12-/m1/s1. The number of amides is 1. The van der Waals surface area contributed by atoms with Gasteiger partial charge in [-0.3, -0.25) is 9.10 Å². The largest absolute Gasteiger partial charge is 0.345 e. The summed E-state index contributed by atoms with van der Waals surface area (Å²) in [7, 11) is -3.29. The first-order valence-electron chi connectivity index (χ1n) is 8.14. The van der Waals surface area contributed by atoms with Crippen molar-refractivity contribution in [3.05, 3.63) is 63.6 Å². The van der Waals surface area contributed by atoms with E-state index in [2.05, 4.69) is 5.32 Å². The zero-order chi connectivity index (χ0) is 18.9. The fourth-order valence-electron chi connectivity index (χ4n) is 2.94. The molecule has 3 rings (SSSR count). The Kier molecular flexibility index (Phi) is 5.46. The highest BCUT2D eigenvalue weighted by Crippen LogP contribution is 2.27. The summed E-state index contributed by atoms with van der Waals surface area (Å²) in [5.74, 6) is -0.169. The minimum absolute atomic E-state index is 0.134. The van der Waals surface area contributed by atoms with Crippen LogP contribution in [-0.2, 0) is 10.0 Å². The SMILES string of the molecule is C[C@@H](NC(=O)c1cccc(N2CCCS2(=O)=O)c1)c1ccc(Cl)cc1Cl. The average Bonchev–Trinajstić information content (AvgIpc) is 2.94. The van der Waals surface area contributed by atoms with Crippen molar-refractivity contribution in [2.45, 2.75) is 19.4 Å². The molecule has 0 spiro atoms. The van der Waals surface area contributed by atoms with Crippen LogP contribution < -0.4 is 9.62 Å². The molecule has 0 aromatic heterocycles. The monoisotopic (exact) mass is 412 g/mol. The minimum atomic E-state index is -3.29. The lowest BCUT2D eigenvalue weighted by atomic mass is 10.1. The normalized spacial score (nSPS) is 17.1. The highest BCUT2D eigenvalue weighted by atomic mass is 35.5. The van der Waals surface area contributed by atoms with Gasteiger partial charge in [-0.25, -0.2) is 8.42 Å². The van der Waals surface area contributed by atoms with Crippen LogP contribution in [0.2, 0.25) is 10.0 Å². The van der Waals surface area contributed by atoms with E-state index in [9.17, 15) is 13.2 Å². The summed E-state index contributed by atoms with van der Waals surface area (Å²) in [6.45, 7) is 2.26. The Hall–Kier alpha value is -1.76. The molecule has 1 atom stereocenters. The van der Waals surface area contributed by atoms with E-state index in [1.54, 1.807) is 42.5 Å². The molecule has 0 aliphatic carbocycles. The van der Waals surface area contributed by atoms with E-state index >= 15 is 0 Å². The van der Waals surface area contributed by atoms with Crippen molar-refractivity contribution in [3.8, 4) is 0 Å². The summed E-state index contributed by atoms with van der Waals surface area (Å²) in [4.78, 5) is 12.6. The maximum absolute atomic E-state index is 12.6. The lowest BCUT2D eigenvalue weighted by molar-refractivity contribution is 0.0940. The molecule has 0 radical (unpaired) electrons. The molecule has 1 saturated heterocycles. The summed E-state index contributed by atoms with van der Waals surface area (Å²) in [5, 5.41) is 3.88. The predicted molar refractivity (Wildman–Crippen MR) is 105 cm³/mol. The summed E-state index contributed by atoms with van der Waals surface area (Å²) in [6.07, 6.45) is 0.588. The van der Waals surface area contributed by atoms with Crippen LogP contribution in [0.3, 0.4) is 0 Å². The van der Waals surface area contributed by atoms with Crippen molar-refractivity contribution in [1.29, 1.82) is 0 Å². The summed E-state index contributed by atoms with van der Waals surface area (Å²) >= 11 is 12.1. The Balaban J connectivity index is 1.79. The maximum Gasteiger partial charge on any atom is 0.251 e. The third kappa shape index (κ3) is 3.98. The van der Waals surface area contributed by atoms with Crippen LogP contribution in [0.25, 0.3) is 0 Å². The number of rotatable bonds is 4. The van der Waals surface area contributed by atoms with E-state index in [0.717, 1.165) is 5.56 Å². The number of carbonyl (C=O) groups excluding carboxylic acids is 1. The zero-order valence-corrected chi connectivity index (χ0v) is 16.4. The number of benzene rings is 2. The van der Waals surface area contributed by atoms with Crippen LogP contribution >= 0.6 is 23.2 Å². The molecule has 26 heavy (non-hydrogen) atoms. The van der Waals surface area contributed by atoms with Crippen molar-refractivity contribution in [1.82, 2.24) is 5.32 Å². The smallest absolute Gasteiger partial charge is 0.251 e. The van der Waals surface area contributed by atoms with E-state index < -0.39 is 10.0 Å². The van der Waals surface area contributed by atoms with Crippen molar-refractivity contribution in [3.63, 3.8) is 0 Å². The minimum Gasteiger partial charge on any atom is -0.345 e. The van der Waals surface area contributed by atoms with Gasteiger partial charge in [0.2, 0.25) is 10.0 Å². The Labute approximate surface area is 163 Å². The third-order valence-corrected chi connectivity index (χ3v) is 6.70. The topological polar surface area (TPSA) is 66.5 Å². The molecule has 138 valence electrons. The number of hydrogen-bond donors (Lipinski definition) is 1. The lowest BCUT2D eigenvalue weighted by Gasteiger charge is -2.19. The van der Waals surface area contributed by atoms with Gasteiger partial charge in [-0.15, -0.1) is 0 Å². The molecule has 0 saturated carbocycles. The lowest BCUT2D eigenvalue weighted by Crippen LogP contribution is -2.28. The second kappa shape index (κ2) is 7.47. The molecule has 1 aliphatic heterocycles. The molecule has 8 heteroatoms. The molecular formula is C18H18Cl2N2O3S. The molecule has 2 aromatic carbocycles. The maximum atomic E-state index is 12.6. The summed E-state index contributed by atoms with van der Waals surface area (Å²) in [5.41, 5.74) is 1.65. The number of carbonyl (C=O) groups is 1. The van der Waals surface area contributed by atoms with E-state index in [4.69, 9.17) is 23.2 Å². The Morgan fingerprint density at radius 1 is 1.19 bits per heavy atom. The van der Waals surface area contributed by atoms with Crippen molar-refractivity contribution < 1.29 is 13.2 Å². The number of nitrogens with zero attached hydrogens (tertiary/aromatic N) is 1. The van der Waals surface area contributed by atoms with E-state index in [0.29, 0.717) is 34.3 Å². The molecule has 1 amide bonds. The molecule has 1 N–H and O–H groups in total. The molecule has 0 bridgehead atoms. The van der Waals surface area contributed by atoms with Gasteiger partial charge in [0.05, 0.1) is 17.5 Å². The van der Waals surface area contributed by atoms with Gasteiger partial charge in [-0.1, -0.05) is 35.3 Å². The van der Waals surface area contributed by atoms with Gasteiger partial charge in [0.25, 0.3) is 5.91 Å². The van der Waals surface area contributed by atoms with Gasteiger partial charge in [0, 0.05) is 22.2 Å². The molecule has 1 aliphatic rings. The second-order valence-corrected chi connectivity index (χ2v) is 9.01. The van der Waals surface area contributed by atoms with E-state index in [1.807, 2.05) is 6.92 Å². The summed E-state index contributed by atoms with van der Waals surface area (Å²) < 4.78 is 25.5. The number of halogens is 2. The Morgan fingerprint density at radius 2 is 1.96 bits per heavy atom. The number of sulfonamides is 1. The molecule has 5 nitrogen and oxygen atoms in total. The summed E-state index contributed by atoms with van der Waals surface area (Å²) in [6, 6.07) is 11.4. The molecule has 1 heterocycles. The van der Waals surface area contributed by atoms with Crippen LogP contribution in [0, 0.1) is 0 Å². The van der Waals surface area contributed by atoms with Crippen LogP contribution in [0.4, 0.5) is 5.69 Å². The van der Waals surface area contributed by atoms with Crippen LogP contribution in [0.1, 0.15) is 35.3 Å². The van der Waals surface area contributed by atoms with Gasteiger partial charge in [-0.2, -0.15) is 0 Å². The molecule has 0 unspecified atom stereocenters. The number of nitrogens with one attached hydrogen (secondary N) is 1. The van der Waals surface area contributed by atoms with Gasteiger partial charge < -0.3 is 5.32 Å². The van der Waals surface area contributed by atoms with Gasteiger partial charge in [0.1, 0.15) is 0 Å². The zero-order valence-electron chi connectivity index (χ0n) is 14.1. The van der Waals surface area contributed by atoms with Crippen molar-refractivity contribution >= 4 is 44.8 Å². The first kappa shape index (κ1) is 19.0. The quantitative estimate of drug-likeness (QED) is 0.823. The van der Waals surface area contributed by atoms with Crippen molar-refractivity contribution in [2.75, 3.05) is 16.6 Å². The molecule has 2 aromatic rings. The van der Waals surface area contributed by atoms with Gasteiger partial charge in [0.15, 0.2) is 0 Å². The molecular weight excluding hydrogens is 395 g/mol. The average molecular weight is 413 g/mol. The van der Waals surface area contributed by atoms with Crippen LogP contribution in [-0.4, -0.2) is 26.6 Å². The first-order valence-corrected chi connectivity index (χ1v) is 10.5. The van der Waals surface area contributed by atoms with Crippen LogP contribution in [0.15, 0.2) is 42.5 Å². The molecule has 1 fully saturated rings. The Morgan fingerprint density at radius 3 is 2.62 bits per heavy atom. The first-order chi connectivity index (χ1) is 12.3. The van der Waals surface area contributed by atoms with E-state index in [1.165, 1.54) is 4.31 Å². The van der Waals surface area contributed by atoms with Crippen LogP contribution in [0.5, 0.6) is 0 Å². The van der Waals surface area contributed by atoms with Gasteiger partial charge >= 0.3 is 0 Å².